The zero-order valence-corrected chi connectivity index (χ0v) is 16.3. The summed E-state index contributed by atoms with van der Waals surface area (Å²) in [5.74, 6) is 0.500. The Balaban J connectivity index is 1.93. The van der Waals surface area contributed by atoms with Crippen LogP contribution in [0, 0.1) is 6.92 Å². The van der Waals surface area contributed by atoms with Crippen LogP contribution < -0.4 is 9.46 Å². The van der Waals surface area contributed by atoms with Crippen molar-refractivity contribution in [1.29, 1.82) is 0 Å². The number of hydrogen-bond donors (Lipinski definition) is 1. The minimum Gasteiger partial charge on any atom is -0.494 e. The standard InChI is InChI=1S/C15H13Cl2N3O3S2/c1-9-7-20(8-18-9)12-4-3-10(5-13(12)23-2)19-25(21,22)14-6-11(16)15(17)24-14/h3-8,19H,1-2H3. The maximum Gasteiger partial charge on any atom is 0.271 e. The number of methoxy groups -OCH3 is 1. The van der Waals surface area contributed by atoms with Crippen LogP contribution in [0.4, 0.5) is 5.69 Å². The van der Waals surface area contributed by atoms with Crippen LogP contribution in [-0.4, -0.2) is 25.1 Å². The van der Waals surface area contributed by atoms with Crippen LogP contribution in [0.25, 0.3) is 5.69 Å². The Labute approximate surface area is 159 Å². The molecule has 3 rings (SSSR count). The number of anilines is 1. The number of sulfonamides is 1. The largest absolute Gasteiger partial charge is 0.494 e. The summed E-state index contributed by atoms with van der Waals surface area (Å²) in [6.45, 7) is 1.88. The predicted molar refractivity (Wildman–Crippen MR) is 100 cm³/mol. The molecule has 0 aliphatic heterocycles. The molecule has 1 N–H and O–H groups in total. The van der Waals surface area contributed by atoms with Crippen LogP contribution >= 0.6 is 34.5 Å². The van der Waals surface area contributed by atoms with Crippen LogP contribution in [0.1, 0.15) is 5.69 Å². The molecule has 3 aromatic rings. The van der Waals surface area contributed by atoms with Gasteiger partial charge in [-0.25, -0.2) is 13.4 Å². The molecule has 0 fully saturated rings. The average molecular weight is 418 g/mol. The van der Waals surface area contributed by atoms with Crippen LogP contribution in [0.5, 0.6) is 5.75 Å². The van der Waals surface area contributed by atoms with Gasteiger partial charge in [0.1, 0.15) is 14.3 Å². The number of rotatable bonds is 5. The Morgan fingerprint density at radius 3 is 2.60 bits per heavy atom. The van der Waals surface area contributed by atoms with Crippen molar-refractivity contribution < 1.29 is 13.2 Å². The van der Waals surface area contributed by atoms with Crippen molar-refractivity contribution >= 4 is 50.2 Å². The Bertz CT molecular complexity index is 1010. The third kappa shape index (κ3) is 3.77. The molecule has 0 unspecified atom stereocenters. The van der Waals surface area contributed by atoms with Gasteiger partial charge in [-0.05, 0) is 25.1 Å². The molecule has 0 bridgehead atoms. The van der Waals surface area contributed by atoms with E-state index in [1.165, 1.54) is 13.2 Å². The fraction of sp³-hybridized carbons (Fsp3) is 0.133. The van der Waals surface area contributed by atoms with Crippen LogP contribution in [0.3, 0.4) is 0 Å². The lowest BCUT2D eigenvalue weighted by Gasteiger charge is -2.12. The zero-order valence-electron chi connectivity index (χ0n) is 13.2. The second-order valence-corrected chi connectivity index (χ2v) is 9.07. The second kappa shape index (κ2) is 6.87. The molecule has 2 heterocycles. The third-order valence-corrected chi connectivity index (χ3v) is 7.03. The zero-order chi connectivity index (χ0) is 18.2. The van der Waals surface area contributed by atoms with E-state index in [1.54, 1.807) is 29.1 Å². The number of benzene rings is 1. The number of nitrogens with zero attached hydrogens (tertiary/aromatic N) is 2. The van der Waals surface area contributed by atoms with Crippen molar-refractivity contribution in [2.24, 2.45) is 0 Å². The highest BCUT2D eigenvalue weighted by atomic mass is 35.5. The van der Waals surface area contributed by atoms with E-state index in [-0.39, 0.29) is 13.6 Å². The van der Waals surface area contributed by atoms with Gasteiger partial charge in [0, 0.05) is 12.3 Å². The van der Waals surface area contributed by atoms with Crippen LogP contribution in [-0.2, 0) is 10.0 Å². The summed E-state index contributed by atoms with van der Waals surface area (Å²) in [5, 5.41) is 0.204. The van der Waals surface area contributed by atoms with E-state index in [0.717, 1.165) is 22.7 Å². The summed E-state index contributed by atoms with van der Waals surface area (Å²) in [7, 11) is -2.27. The molecule has 10 heteroatoms. The second-order valence-electron chi connectivity index (χ2n) is 5.10. The van der Waals surface area contributed by atoms with Crippen molar-refractivity contribution in [1.82, 2.24) is 9.55 Å². The minimum atomic E-state index is -3.79. The number of aromatic nitrogens is 2. The van der Waals surface area contributed by atoms with Crippen molar-refractivity contribution in [3.8, 4) is 11.4 Å². The normalized spacial score (nSPS) is 11.5. The molecule has 25 heavy (non-hydrogen) atoms. The van der Waals surface area contributed by atoms with Gasteiger partial charge in [0.25, 0.3) is 10.0 Å². The van der Waals surface area contributed by atoms with Gasteiger partial charge in [-0.2, -0.15) is 0 Å². The summed E-state index contributed by atoms with van der Waals surface area (Å²) in [4.78, 5) is 4.17. The van der Waals surface area contributed by atoms with Crippen molar-refractivity contribution in [3.63, 3.8) is 0 Å². The van der Waals surface area contributed by atoms with Gasteiger partial charge in [-0.15, -0.1) is 11.3 Å². The van der Waals surface area contributed by atoms with E-state index in [4.69, 9.17) is 27.9 Å². The molecule has 0 saturated heterocycles. The predicted octanol–water partition coefficient (Wildman–Crippen LogP) is 4.36. The molecular weight excluding hydrogens is 405 g/mol. The monoisotopic (exact) mass is 417 g/mol. The number of hydrogen-bond acceptors (Lipinski definition) is 5. The Hall–Kier alpha value is -1.74. The van der Waals surface area contributed by atoms with Gasteiger partial charge in [0.2, 0.25) is 0 Å². The summed E-state index contributed by atoms with van der Waals surface area (Å²) in [6, 6.07) is 6.30. The van der Waals surface area contributed by atoms with Crippen LogP contribution in [0.15, 0.2) is 41.0 Å². The lowest BCUT2D eigenvalue weighted by atomic mass is 10.2. The minimum absolute atomic E-state index is 0.0378. The summed E-state index contributed by atoms with van der Waals surface area (Å²) >= 11 is 12.6. The first-order valence-corrected chi connectivity index (χ1v) is 10.0. The summed E-state index contributed by atoms with van der Waals surface area (Å²) in [6.07, 6.45) is 3.50. The molecule has 0 amide bonds. The fourth-order valence-corrected chi connectivity index (χ4v) is 5.10. The molecule has 1 aromatic carbocycles. The highest BCUT2D eigenvalue weighted by Gasteiger charge is 2.20. The lowest BCUT2D eigenvalue weighted by molar-refractivity contribution is 0.413. The first kappa shape index (κ1) is 18.1. The average Bonchev–Trinajstić information content (AvgIpc) is 3.13. The first-order valence-electron chi connectivity index (χ1n) is 6.97. The maximum absolute atomic E-state index is 12.5. The van der Waals surface area contributed by atoms with Crippen molar-refractivity contribution in [3.05, 3.63) is 51.8 Å². The van der Waals surface area contributed by atoms with E-state index in [0.29, 0.717) is 11.4 Å². The molecule has 0 spiro atoms. The summed E-state index contributed by atoms with van der Waals surface area (Å²) in [5.41, 5.74) is 1.96. The smallest absolute Gasteiger partial charge is 0.271 e. The summed E-state index contributed by atoms with van der Waals surface area (Å²) < 4.78 is 34.8. The van der Waals surface area contributed by atoms with E-state index in [1.807, 2.05) is 13.1 Å². The van der Waals surface area contributed by atoms with Gasteiger partial charge in [0.15, 0.2) is 0 Å². The number of aryl methyl sites for hydroxylation is 1. The van der Waals surface area contributed by atoms with Gasteiger partial charge >= 0.3 is 0 Å². The van der Waals surface area contributed by atoms with Gasteiger partial charge in [0.05, 0.1) is 35.5 Å². The highest BCUT2D eigenvalue weighted by Crippen LogP contribution is 2.35. The van der Waals surface area contributed by atoms with Crippen molar-refractivity contribution in [2.75, 3.05) is 11.8 Å². The molecule has 0 aliphatic carbocycles. The Kier molecular flexibility index (Phi) is 4.97. The molecule has 6 nitrogen and oxygen atoms in total. The highest BCUT2D eigenvalue weighted by molar-refractivity contribution is 7.94. The van der Waals surface area contributed by atoms with Gasteiger partial charge in [-0.1, -0.05) is 23.2 Å². The molecular formula is C15H13Cl2N3O3S2. The van der Waals surface area contributed by atoms with Crippen LogP contribution in [0.2, 0.25) is 9.36 Å². The van der Waals surface area contributed by atoms with E-state index < -0.39 is 10.0 Å². The Morgan fingerprint density at radius 1 is 1.28 bits per heavy atom. The van der Waals surface area contributed by atoms with Crippen molar-refractivity contribution in [2.45, 2.75) is 11.1 Å². The molecule has 132 valence electrons. The van der Waals surface area contributed by atoms with Gasteiger partial charge in [-0.3, -0.25) is 4.72 Å². The fourth-order valence-electron chi connectivity index (χ4n) is 2.17. The van der Waals surface area contributed by atoms with E-state index in [9.17, 15) is 8.42 Å². The first-order chi connectivity index (χ1) is 11.8. The number of ether oxygens (including phenoxy) is 1. The number of nitrogens with one attached hydrogen (secondary N) is 1. The van der Waals surface area contributed by atoms with E-state index >= 15 is 0 Å². The molecule has 0 atom stereocenters. The molecule has 0 saturated carbocycles. The van der Waals surface area contributed by atoms with E-state index in [2.05, 4.69) is 9.71 Å². The SMILES string of the molecule is COc1cc(NS(=O)(=O)c2cc(Cl)c(Cl)s2)ccc1-n1cnc(C)c1. The van der Waals surface area contributed by atoms with Gasteiger partial charge < -0.3 is 9.30 Å². The number of halogens is 2. The third-order valence-electron chi connectivity index (χ3n) is 3.31. The lowest BCUT2D eigenvalue weighted by Crippen LogP contribution is -2.11. The number of imidazole rings is 1. The molecule has 2 aromatic heterocycles. The quantitative estimate of drug-likeness (QED) is 0.668. The number of thiophene rings is 1. The molecule has 0 aliphatic rings. The maximum atomic E-state index is 12.5. The topological polar surface area (TPSA) is 73.2 Å². The molecule has 0 radical (unpaired) electrons. The Morgan fingerprint density at radius 2 is 2.04 bits per heavy atom.